The van der Waals surface area contributed by atoms with Crippen molar-refractivity contribution in [3.63, 3.8) is 0 Å². The van der Waals surface area contributed by atoms with Crippen LogP contribution in [0.3, 0.4) is 0 Å². The minimum atomic E-state index is -0.372. The Labute approximate surface area is 104 Å². The highest BCUT2D eigenvalue weighted by Crippen LogP contribution is 2.27. The molecule has 0 atom stereocenters. The first-order valence-corrected chi connectivity index (χ1v) is 5.90. The second kappa shape index (κ2) is 4.13. The predicted molar refractivity (Wildman–Crippen MR) is 67.4 cm³/mol. The minimum absolute atomic E-state index is 0.163. The van der Waals surface area contributed by atoms with Crippen LogP contribution in [0.5, 0.6) is 0 Å². The molecule has 1 aliphatic heterocycles. The summed E-state index contributed by atoms with van der Waals surface area (Å²) >= 11 is 5.68. The van der Waals surface area contributed by atoms with Crippen molar-refractivity contribution in [3.8, 4) is 11.1 Å². The molecule has 0 spiro atoms. The van der Waals surface area contributed by atoms with Crippen molar-refractivity contribution in [3.05, 3.63) is 58.4 Å². The number of nitrogens with one attached hydrogen (secondary N) is 1. The highest BCUT2D eigenvalue weighted by atomic mass is 35.5. The van der Waals surface area contributed by atoms with Gasteiger partial charge in [-0.1, -0.05) is 29.8 Å². The topological polar surface area (TPSA) is 12.0 Å². The lowest BCUT2D eigenvalue weighted by molar-refractivity contribution is 0.629. The van der Waals surface area contributed by atoms with Crippen LogP contribution in [0.15, 0.2) is 36.4 Å². The number of benzene rings is 2. The molecule has 3 heteroatoms. The summed E-state index contributed by atoms with van der Waals surface area (Å²) in [7, 11) is 0. The van der Waals surface area contributed by atoms with Gasteiger partial charge in [-0.2, -0.15) is 0 Å². The highest BCUT2D eigenvalue weighted by Gasteiger charge is 2.11. The van der Waals surface area contributed by atoms with Crippen LogP contribution in [0.4, 0.5) is 4.39 Å². The molecule has 1 heterocycles. The maximum atomic E-state index is 13.4. The third-order valence-corrected chi connectivity index (χ3v) is 3.40. The van der Waals surface area contributed by atoms with Crippen LogP contribution < -0.4 is 5.32 Å². The van der Waals surface area contributed by atoms with Gasteiger partial charge in [0.15, 0.2) is 0 Å². The average molecular weight is 248 g/mol. The van der Waals surface area contributed by atoms with Crippen LogP contribution in [-0.2, 0) is 13.1 Å². The molecule has 86 valence electrons. The minimum Gasteiger partial charge on any atom is -0.309 e. The fraction of sp³-hybridized carbons (Fsp3) is 0.143. The summed E-state index contributed by atoms with van der Waals surface area (Å²) in [4.78, 5) is 0. The van der Waals surface area contributed by atoms with Crippen LogP contribution in [0.1, 0.15) is 11.1 Å². The lowest BCUT2D eigenvalue weighted by atomic mass is 10.0. The summed E-state index contributed by atoms with van der Waals surface area (Å²) in [6.45, 7) is 1.81. The van der Waals surface area contributed by atoms with Crippen molar-refractivity contribution in [1.29, 1.82) is 0 Å². The van der Waals surface area contributed by atoms with E-state index < -0.39 is 0 Å². The predicted octanol–water partition coefficient (Wildman–Crippen LogP) is 3.75. The summed E-state index contributed by atoms with van der Waals surface area (Å²) in [5.41, 5.74) is 4.51. The van der Waals surface area contributed by atoms with E-state index in [-0.39, 0.29) is 10.8 Å². The first kappa shape index (κ1) is 10.8. The quantitative estimate of drug-likeness (QED) is 0.809. The van der Waals surface area contributed by atoms with E-state index in [0.717, 1.165) is 24.2 Å². The summed E-state index contributed by atoms with van der Waals surface area (Å²) in [6.07, 6.45) is 0. The van der Waals surface area contributed by atoms with Gasteiger partial charge in [0, 0.05) is 13.1 Å². The molecular weight excluding hydrogens is 237 g/mol. The zero-order valence-electron chi connectivity index (χ0n) is 9.13. The number of hydrogen-bond acceptors (Lipinski definition) is 1. The molecule has 0 radical (unpaired) electrons. The molecule has 1 nitrogen and oxygen atoms in total. The SMILES string of the molecule is Fc1cc(-c2ccc3c(c2)CNC3)ccc1Cl. The number of fused-ring (bicyclic) bond motifs is 1. The summed E-state index contributed by atoms with van der Waals surface area (Å²) in [5.74, 6) is -0.372. The van der Waals surface area contributed by atoms with Crippen molar-refractivity contribution in [2.45, 2.75) is 13.1 Å². The van der Waals surface area contributed by atoms with Crippen LogP contribution in [0.25, 0.3) is 11.1 Å². The Balaban J connectivity index is 2.06. The van der Waals surface area contributed by atoms with Crippen molar-refractivity contribution in [2.75, 3.05) is 0 Å². The number of halogens is 2. The zero-order valence-corrected chi connectivity index (χ0v) is 9.89. The maximum absolute atomic E-state index is 13.4. The average Bonchev–Trinajstić information content (AvgIpc) is 2.79. The van der Waals surface area contributed by atoms with Crippen LogP contribution in [-0.4, -0.2) is 0 Å². The Morgan fingerprint density at radius 1 is 0.941 bits per heavy atom. The molecule has 0 aromatic heterocycles. The first-order valence-electron chi connectivity index (χ1n) is 5.52. The van der Waals surface area contributed by atoms with Gasteiger partial charge in [-0.15, -0.1) is 0 Å². The van der Waals surface area contributed by atoms with Crippen molar-refractivity contribution in [2.24, 2.45) is 0 Å². The fourth-order valence-corrected chi connectivity index (χ4v) is 2.27. The van der Waals surface area contributed by atoms with E-state index in [1.165, 1.54) is 17.2 Å². The molecule has 2 aromatic rings. The normalized spacial score (nSPS) is 13.8. The van der Waals surface area contributed by atoms with Gasteiger partial charge < -0.3 is 5.32 Å². The van der Waals surface area contributed by atoms with Gasteiger partial charge in [0.1, 0.15) is 5.82 Å². The van der Waals surface area contributed by atoms with Crippen molar-refractivity contribution < 1.29 is 4.39 Å². The largest absolute Gasteiger partial charge is 0.309 e. The Bertz CT molecular complexity index is 580. The zero-order chi connectivity index (χ0) is 11.8. The molecule has 3 rings (SSSR count). The molecule has 1 N–H and O–H groups in total. The van der Waals surface area contributed by atoms with Gasteiger partial charge in [0.25, 0.3) is 0 Å². The Morgan fingerprint density at radius 2 is 1.65 bits per heavy atom. The second-order valence-corrected chi connectivity index (χ2v) is 4.62. The van der Waals surface area contributed by atoms with E-state index in [0.29, 0.717) is 0 Å². The van der Waals surface area contributed by atoms with Crippen LogP contribution in [0, 0.1) is 5.82 Å². The van der Waals surface area contributed by atoms with Gasteiger partial charge >= 0.3 is 0 Å². The molecule has 2 aromatic carbocycles. The molecule has 1 aliphatic rings. The molecule has 0 saturated heterocycles. The van der Waals surface area contributed by atoms with E-state index in [1.54, 1.807) is 6.07 Å². The Hall–Kier alpha value is -1.38. The Kier molecular flexibility index (Phi) is 2.61. The first-order chi connectivity index (χ1) is 8.24. The monoisotopic (exact) mass is 247 g/mol. The maximum Gasteiger partial charge on any atom is 0.142 e. The van der Waals surface area contributed by atoms with Crippen LogP contribution in [0.2, 0.25) is 5.02 Å². The van der Waals surface area contributed by atoms with E-state index in [1.807, 2.05) is 12.1 Å². The number of rotatable bonds is 1. The molecule has 0 saturated carbocycles. The molecule has 0 bridgehead atoms. The van der Waals surface area contributed by atoms with Gasteiger partial charge in [-0.05, 0) is 40.5 Å². The second-order valence-electron chi connectivity index (χ2n) is 4.22. The van der Waals surface area contributed by atoms with Gasteiger partial charge in [0.05, 0.1) is 5.02 Å². The van der Waals surface area contributed by atoms with Crippen molar-refractivity contribution in [1.82, 2.24) is 5.32 Å². The summed E-state index contributed by atoms with van der Waals surface area (Å²) < 4.78 is 13.4. The molecule has 0 fully saturated rings. The summed E-state index contributed by atoms with van der Waals surface area (Å²) in [6, 6.07) is 11.1. The molecule has 0 aliphatic carbocycles. The summed E-state index contributed by atoms with van der Waals surface area (Å²) in [5, 5.41) is 3.46. The highest BCUT2D eigenvalue weighted by molar-refractivity contribution is 6.30. The molecule has 0 amide bonds. The molecule has 17 heavy (non-hydrogen) atoms. The number of hydrogen-bond donors (Lipinski definition) is 1. The lowest BCUT2D eigenvalue weighted by Crippen LogP contribution is -1.99. The van der Waals surface area contributed by atoms with E-state index >= 15 is 0 Å². The standard InChI is InChI=1S/C14H11ClFN/c15-13-4-3-10(6-14(13)16)9-1-2-11-7-17-8-12(11)5-9/h1-6,17H,7-8H2. The fourth-order valence-electron chi connectivity index (χ4n) is 2.15. The van der Waals surface area contributed by atoms with Crippen molar-refractivity contribution >= 4 is 11.6 Å². The van der Waals surface area contributed by atoms with E-state index in [9.17, 15) is 4.39 Å². The van der Waals surface area contributed by atoms with Gasteiger partial charge in [-0.25, -0.2) is 4.39 Å². The molecular formula is C14H11ClFN. The third-order valence-electron chi connectivity index (χ3n) is 3.09. The lowest BCUT2D eigenvalue weighted by Gasteiger charge is -2.05. The Morgan fingerprint density at radius 3 is 2.47 bits per heavy atom. The van der Waals surface area contributed by atoms with Crippen LogP contribution >= 0.6 is 11.6 Å². The van der Waals surface area contributed by atoms with E-state index in [2.05, 4.69) is 17.4 Å². The van der Waals surface area contributed by atoms with Gasteiger partial charge in [-0.3, -0.25) is 0 Å². The van der Waals surface area contributed by atoms with E-state index in [4.69, 9.17) is 11.6 Å². The third kappa shape index (κ3) is 1.94. The van der Waals surface area contributed by atoms with Gasteiger partial charge in [0.2, 0.25) is 0 Å². The smallest absolute Gasteiger partial charge is 0.142 e. The molecule has 0 unspecified atom stereocenters.